The first-order valence-electron chi connectivity index (χ1n) is 8.09. The predicted molar refractivity (Wildman–Crippen MR) is 94.6 cm³/mol. The van der Waals surface area contributed by atoms with Crippen molar-refractivity contribution in [3.8, 4) is 5.75 Å². The van der Waals surface area contributed by atoms with Crippen LogP contribution in [-0.4, -0.2) is 42.2 Å². The van der Waals surface area contributed by atoms with Gasteiger partial charge in [0.2, 0.25) is 0 Å². The average Bonchev–Trinajstić information content (AvgIpc) is 3.08. The highest BCUT2D eigenvalue weighted by Crippen LogP contribution is 2.27. The van der Waals surface area contributed by atoms with Gasteiger partial charge in [-0.1, -0.05) is 18.2 Å². The molecule has 1 aromatic heterocycles. The Balaban J connectivity index is 1.67. The molecular weight excluding hydrogens is 342 g/mol. The Bertz CT molecular complexity index is 889. The molecule has 134 valence electrons. The molecule has 1 aliphatic heterocycles. The Morgan fingerprint density at radius 2 is 2.12 bits per heavy atom. The summed E-state index contributed by atoms with van der Waals surface area (Å²) < 4.78 is 30.5. The first-order chi connectivity index (χ1) is 11.8. The molecule has 1 aliphatic rings. The zero-order valence-corrected chi connectivity index (χ0v) is 15.0. The van der Waals surface area contributed by atoms with E-state index in [-0.39, 0.29) is 30.1 Å². The van der Waals surface area contributed by atoms with E-state index in [1.807, 2.05) is 25.1 Å². The number of benzene rings is 1. The van der Waals surface area contributed by atoms with E-state index in [1.54, 1.807) is 23.7 Å². The molecule has 0 aliphatic carbocycles. The van der Waals surface area contributed by atoms with Gasteiger partial charge in [0.05, 0.1) is 23.2 Å². The van der Waals surface area contributed by atoms with Crippen molar-refractivity contribution in [2.24, 2.45) is 0 Å². The van der Waals surface area contributed by atoms with E-state index >= 15 is 0 Å². The standard InChI is InChI=1S/C17H21N3O4S/c1-12-5-3-4-6-15(12)24-10-17(21)18-16-9-13(2)19-20(16)14-7-8-25(22,23)11-14/h3-6,9,14H,7-8,10-11H2,1-2H3,(H,18,21). The lowest BCUT2D eigenvalue weighted by Gasteiger charge is -2.14. The summed E-state index contributed by atoms with van der Waals surface area (Å²) in [6, 6.07) is 8.95. The van der Waals surface area contributed by atoms with E-state index in [0.29, 0.717) is 18.0 Å². The SMILES string of the molecule is Cc1cc(NC(=O)COc2ccccc2C)n(C2CCS(=O)(=O)C2)n1. The lowest BCUT2D eigenvalue weighted by atomic mass is 10.2. The Hall–Kier alpha value is -2.35. The van der Waals surface area contributed by atoms with Crippen LogP contribution in [0.3, 0.4) is 0 Å². The predicted octanol–water partition coefficient (Wildman–Crippen LogP) is 1.88. The van der Waals surface area contributed by atoms with Crippen molar-refractivity contribution in [3.63, 3.8) is 0 Å². The quantitative estimate of drug-likeness (QED) is 0.876. The number of carbonyl (C=O) groups excluding carboxylic acids is 1. The van der Waals surface area contributed by atoms with Gasteiger partial charge in [-0.05, 0) is 31.9 Å². The molecule has 7 nitrogen and oxygen atoms in total. The second kappa shape index (κ2) is 6.87. The number of nitrogens with one attached hydrogen (secondary N) is 1. The van der Waals surface area contributed by atoms with Gasteiger partial charge in [-0.3, -0.25) is 4.79 Å². The summed E-state index contributed by atoms with van der Waals surface area (Å²) in [6.45, 7) is 3.59. The molecule has 1 unspecified atom stereocenters. The lowest BCUT2D eigenvalue weighted by molar-refractivity contribution is -0.118. The van der Waals surface area contributed by atoms with Gasteiger partial charge in [-0.15, -0.1) is 0 Å². The van der Waals surface area contributed by atoms with Crippen molar-refractivity contribution < 1.29 is 17.9 Å². The molecule has 25 heavy (non-hydrogen) atoms. The summed E-state index contributed by atoms with van der Waals surface area (Å²) in [7, 11) is -3.03. The van der Waals surface area contributed by atoms with Gasteiger partial charge in [0.15, 0.2) is 16.4 Å². The molecule has 0 radical (unpaired) electrons. The molecule has 1 atom stereocenters. The number of anilines is 1. The number of ether oxygens (including phenoxy) is 1. The number of aromatic nitrogens is 2. The van der Waals surface area contributed by atoms with Crippen LogP contribution >= 0.6 is 0 Å². The van der Waals surface area contributed by atoms with E-state index in [9.17, 15) is 13.2 Å². The zero-order chi connectivity index (χ0) is 18.0. The summed E-state index contributed by atoms with van der Waals surface area (Å²) in [6.07, 6.45) is 0.506. The van der Waals surface area contributed by atoms with Gasteiger partial charge in [0, 0.05) is 6.07 Å². The maximum Gasteiger partial charge on any atom is 0.263 e. The Labute approximate surface area is 146 Å². The monoisotopic (exact) mass is 363 g/mol. The van der Waals surface area contributed by atoms with Crippen LogP contribution in [0.2, 0.25) is 0 Å². The molecule has 3 rings (SSSR count). The van der Waals surface area contributed by atoms with Crippen molar-refractivity contribution in [2.45, 2.75) is 26.3 Å². The van der Waals surface area contributed by atoms with Crippen LogP contribution in [0.25, 0.3) is 0 Å². The topological polar surface area (TPSA) is 90.3 Å². The largest absolute Gasteiger partial charge is 0.483 e. The summed E-state index contributed by atoms with van der Waals surface area (Å²) in [5.74, 6) is 1.05. The number of rotatable bonds is 5. The molecule has 1 aromatic carbocycles. The van der Waals surface area contributed by atoms with Gasteiger partial charge < -0.3 is 10.1 Å². The Morgan fingerprint density at radius 3 is 2.80 bits per heavy atom. The number of hydrogen-bond acceptors (Lipinski definition) is 5. The highest BCUT2D eigenvalue weighted by atomic mass is 32.2. The molecule has 0 spiro atoms. The van der Waals surface area contributed by atoms with Crippen molar-refractivity contribution in [1.29, 1.82) is 0 Å². The number of carbonyl (C=O) groups is 1. The summed E-state index contributed by atoms with van der Waals surface area (Å²) in [4.78, 5) is 12.2. The van der Waals surface area contributed by atoms with Crippen molar-refractivity contribution in [3.05, 3.63) is 41.6 Å². The number of aryl methyl sites for hydroxylation is 2. The van der Waals surface area contributed by atoms with Crippen LogP contribution in [0.1, 0.15) is 23.7 Å². The minimum Gasteiger partial charge on any atom is -0.483 e. The van der Waals surface area contributed by atoms with Crippen LogP contribution in [0, 0.1) is 13.8 Å². The molecule has 1 fully saturated rings. The molecule has 0 saturated carbocycles. The molecule has 8 heteroatoms. The number of para-hydroxylation sites is 1. The third-order valence-corrected chi connectivity index (χ3v) is 5.88. The third-order valence-electron chi connectivity index (χ3n) is 4.13. The van der Waals surface area contributed by atoms with Crippen LogP contribution < -0.4 is 10.1 Å². The first kappa shape index (κ1) is 17.5. The molecule has 1 N–H and O–H groups in total. The lowest BCUT2D eigenvalue weighted by Crippen LogP contribution is -2.24. The van der Waals surface area contributed by atoms with Gasteiger partial charge in [0.25, 0.3) is 5.91 Å². The fourth-order valence-electron chi connectivity index (χ4n) is 2.90. The van der Waals surface area contributed by atoms with Crippen LogP contribution in [0.5, 0.6) is 5.75 Å². The van der Waals surface area contributed by atoms with Crippen molar-refractivity contribution >= 4 is 21.6 Å². The zero-order valence-electron chi connectivity index (χ0n) is 14.2. The van der Waals surface area contributed by atoms with E-state index < -0.39 is 9.84 Å². The molecule has 2 heterocycles. The van der Waals surface area contributed by atoms with E-state index in [2.05, 4.69) is 10.4 Å². The fourth-order valence-corrected chi connectivity index (χ4v) is 4.59. The summed E-state index contributed by atoms with van der Waals surface area (Å²) in [5.41, 5.74) is 1.67. The Kier molecular flexibility index (Phi) is 4.80. The smallest absolute Gasteiger partial charge is 0.263 e. The fraction of sp³-hybridized carbons (Fsp3) is 0.412. The van der Waals surface area contributed by atoms with Crippen molar-refractivity contribution in [2.75, 3.05) is 23.4 Å². The Morgan fingerprint density at radius 1 is 1.36 bits per heavy atom. The van der Waals surface area contributed by atoms with Crippen LogP contribution in [0.15, 0.2) is 30.3 Å². The molecule has 2 aromatic rings. The van der Waals surface area contributed by atoms with Crippen LogP contribution in [0.4, 0.5) is 5.82 Å². The van der Waals surface area contributed by atoms with E-state index in [1.165, 1.54) is 0 Å². The number of sulfone groups is 1. The molecule has 1 saturated heterocycles. The molecular formula is C17H21N3O4S. The summed E-state index contributed by atoms with van der Waals surface area (Å²) >= 11 is 0. The van der Waals surface area contributed by atoms with Gasteiger partial charge in [0.1, 0.15) is 11.6 Å². The third kappa shape index (κ3) is 4.19. The van der Waals surface area contributed by atoms with Gasteiger partial charge in [-0.2, -0.15) is 5.10 Å². The van der Waals surface area contributed by atoms with E-state index in [0.717, 1.165) is 11.3 Å². The molecule has 0 bridgehead atoms. The second-order valence-electron chi connectivity index (χ2n) is 6.27. The highest BCUT2D eigenvalue weighted by molar-refractivity contribution is 7.91. The van der Waals surface area contributed by atoms with E-state index in [4.69, 9.17) is 4.74 Å². The first-order valence-corrected chi connectivity index (χ1v) is 9.91. The highest BCUT2D eigenvalue weighted by Gasteiger charge is 2.31. The number of nitrogens with zero attached hydrogens (tertiary/aromatic N) is 2. The maximum atomic E-state index is 12.2. The minimum atomic E-state index is -3.03. The average molecular weight is 363 g/mol. The van der Waals surface area contributed by atoms with Gasteiger partial charge >= 0.3 is 0 Å². The number of amides is 1. The normalized spacial score (nSPS) is 18.9. The van der Waals surface area contributed by atoms with Crippen LogP contribution in [-0.2, 0) is 14.6 Å². The van der Waals surface area contributed by atoms with Gasteiger partial charge in [-0.25, -0.2) is 13.1 Å². The summed E-state index contributed by atoms with van der Waals surface area (Å²) in [5, 5.41) is 7.11. The number of hydrogen-bond donors (Lipinski definition) is 1. The second-order valence-corrected chi connectivity index (χ2v) is 8.50. The molecule has 1 amide bonds. The van der Waals surface area contributed by atoms with Crippen molar-refractivity contribution in [1.82, 2.24) is 9.78 Å². The minimum absolute atomic E-state index is 0.0523. The maximum absolute atomic E-state index is 12.2.